The maximum absolute atomic E-state index is 12.7. The summed E-state index contributed by atoms with van der Waals surface area (Å²) in [6.45, 7) is 6.02. The van der Waals surface area contributed by atoms with E-state index in [4.69, 9.17) is 4.74 Å². The third-order valence-electron chi connectivity index (χ3n) is 2.58. The van der Waals surface area contributed by atoms with Gasteiger partial charge in [0, 0.05) is 0 Å². The highest BCUT2D eigenvalue weighted by Gasteiger charge is 2.31. The summed E-state index contributed by atoms with van der Waals surface area (Å²) in [5.74, 6) is 1.12. The summed E-state index contributed by atoms with van der Waals surface area (Å²) in [6, 6.07) is 3.87. The molecule has 0 aromatic heterocycles. The zero-order valence-corrected chi connectivity index (χ0v) is 10.9. The van der Waals surface area contributed by atoms with Crippen LogP contribution in [0.4, 0.5) is 13.2 Å². The third-order valence-corrected chi connectivity index (χ3v) is 2.58. The number of unbranched alkanes of at least 4 members (excludes halogenated alkanes) is 1. The molecular formula is C14H18F3O. The summed E-state index contributed by atoms with van der Waals surface area (Å²) in [5, 5.41) is 0. The molecule has 0 saturated carbocycles. The van der Waals surface area contributed by atoms with Gasteiger partial charge in [-0.2, -0.15) is 13.2 Å². The van der Waals surface area contributed by atoms with E-state index in [9.17, 15) is 13.2 Å². The molecule has 18 heavy (non-hydrogen) atoms. The van der Waals surface area contributed by atoms with E-state index >= 15 is 0 Å². The minimum Gasteiger partial charge on any atom is -0.494 e. The van der Waals surface area contributed by atoms with Crippen molar-refractivity contribution in [1.29, 1.82) is 0 Å². The highest BCUT2D eigenvalue weighted by molar-refractivity contribution is 5.41. The lowest BCUT2D eigenvalue weighted by atomic mass is 10.00. The lowest BCUT2D eigenvalue weighted by molar-refractivity contribution is -0.137. The smallest absolute Gasteiger partial charge is 0.416 e. The number of hydrogen-bond acceptors (Lipinski definition) is 1. The Morgan fingerprint density at radius 3 is 2.33 bits per heavy atom. The van der Waals surface area contributed by atoms with Crippen molar-refractivity contribution in [2.45, 2.75) is 39.8 Å². The molecule has 4 heteroatoms. The van der Waals surface area contributed by atoms with Gasteiger partial charge < -0.3 is 4.74 Å². The average Bonchev–Trinajstić information content (AvgIpc) is 2.28. The van der Waals surface area contributed by atoms with E-state index in [-0.39, 0.29) is 5.75 Å². The van der Waals surface area contributed by atoms with Crippen molar-refractivity contribution in [2.24, 2.45) is 0 Å². The predicted molar refractivity (Wildman–Crippen MR) is 65.5 cm³/mol. The summed E-state index contributed by atoms with van der Waals surface area (Å²) in [6.07, 6.45) is -2.56. The van der Waals surface area contributed by atoms with Crippen LogP contribution < -0.4 is 4.74 Å². The normalized spacial score (nSPS) is 11.9. The van der Waals surface area contributed by atoms with E-state index in [1.807, 2.05) is 6.92 Å². The van der Waals surface area contributed by atoms with Gasteiger partial charge in [-0.25, -0.2) is 0 Å². The molecule has 0 amide bonds. The Balaban J connectivity index is 2.99. The average molecular weight is 259 g/mol. The van der Waals surface area contributed by atoms with Crippen LogP contribution in [0.3, 0.4) is 0 Å². The number of alkyl halides is 3. The first kappa shape index (κ1) is 14.9. The van der Waals surface area contributed by atoms with Crippen LogP contribution in [0.5, 0.6) is 5.75 Å². The Kier molecular flexibility index (Phi) is 5.05. The van der Waals surface area contributed by atoms with Gasteiger partial charge in [0.2, 0.25) is 0 Å². The SMILES string of the molecule is CCCCOc1cc([C](C)C)cc(C(F)(F)F)c1. The van der Waals surface area contributed by atoms with Crippen LogP contribution in [0.1, 0.15) is 44.7 Å². The van der Waals surface area contributed by atoms with Gasteiger partial charge in [0.05, 0.1) is 12.2 Å². The fourth-order valence-electron chi connectivity index (χ4n) is 1.47. The van der Waals surface area contributed by atoms with Crippen molar-refractivity contribution >= 4 is 0 Å². The highest BCUT2D eigenvalue weighted by atomic mass is 19.4. The highest BCUT2D eigenvalue weighted by Crippen LogP contribution is 2.34. The Morgan fingerprint density at radius 2 is 1.83 bits per heavy atom. The van der Waals surface area contributed by atoms with Crippen molar-refractivity contribution in [2.75, 3.05) is 6.61 Å². The van der Waals surface area contributed by atoms with E-state index in [2.05, 4.69) is 0 Å². The van der Waals surface area contributed by atoms with Crippen molar-refractivity contribution < 1.29 is 17.9 Å². The molecule has 101 valence electrons. The van der Waals surface area contributed by atoms with Gasteiger partial charge in [-0.15, -0.1) is 0 Å². The molecule has 0 fully saturated rings. The van der Waals surface area contributed by atoms with Gasteiger partial charge in [-0.1, -0.05) is 27.2 Å². The molecule has 0 unspecified atom stereocenters. The monoisotopic (exact) mass is 259 g/mol. The largest absolute Gasteiger partial charge is 0.494 e. The van der Waals surface area contributed by atoms with Crippen LogP contribution in [0.2, 0.25) is 0 Å². The molecule has 0 heterocycles. The first-order valence-corrected chi connectivity index (χ1v) is 6.00. The molecule has 1 rings (SSSR count). The lowest BCUT2D eigenvalue weighted by Gasteiger charge is -2.14. The number of benzene rings is 1. The lowest BCUT2D eigenvalue weighted by Crippen LogP contribution is -2.07. The van der Waals surface area contributed by atoms with Gasteiger partial charge in [0.25, 0.3) is 0 Å². The second-order valence-electron chi connectivity index (χ2n) is 4.45. The van der Waals surface area contributed by atoms with Gasteiger partial charge in [-0.3, -0.25) is 0 Å². The zero-order valence-electron chi connectivity index (χ0n) is 10.9. The molecule has 0 saturated heterocycles. The van der Waals surface area contributed by atoms with Gasteiger partial charge in [-0.05, 0) is 36.1 Å². The molecule has 0 spiro atoms. The molecular weight excluding hydrogens is 241 g/mol. The van der Waals surface area contributed by atoms with Crippen LogP contribution >= 0.6 is 0 Å². The van der Waals surface area contributed by atoms with Crippen molar-refractivity contribution in [3.63, 3.8) is 0 Å². The van der Waals surface area contributed by atoms with E-state index in [1.165, 1.54) is 0 Å². The fraction of sp³-hybridized carbons (Fsp3) is 0.500. The topological polar surface area (TPSA) is 9.23 Å². The number of rotatable bonds is 5. The summed E-state index contributed by atoms with van der Waals surface area (Å²) in [4.78, 5) is 0. The van der Waals surface area contributed by atoms with Crippen LogP contribution in [-0.4, -0.2) is 6.61 Å². The first-order chi connectivity index (χ1) is 8.34. The summed E-state index contributed by atoms with van der Waals surface area (Å²) >= 11 is 0. The molecule has 0 aliphatic carbocycles. The van der Waals surface area contributed by atoms with Gasteiger partial charge >= 0.3 is 6.18 Å². The standard InChI is InChI=1S/C14H18F3O/c1-4-5-6-18-13-8-11(10(2)3)7-12(9-13)14(15,16)17/h7-9H,4-6H2,1-3H3. The Hall–Kier alpha value is -1.19. The Labute approximate surface area is 106 Å². The molecule has 0 bridgehead atoms. The zero-order chi connectivity index (χ0) is 13.8. The molecule has 1 aromatic carbocycles. The summed E-state index contributed by atoms with van der Waals surface area (Å²) in [7, 11) is 0. The molecule has 0 aliphatic heterocycles. The number of ether oxygens (including phenoxy) is 1. The van der Waals surface area contributed by atoms with Gasteiger partial charge in [0.15, 0.2) is 0 Å². The Bertz CT molecular complexity index is 383. The second-order valence-corrected chi connectivity index (χ2v) is 4.45. The summed E-state index contributed by atoms with van der Waals surface area (Å²) < 4.78 is 43.6. The Morgan fingerprint density at radius 1 is 1.17 bits per heavy atom. The molecule has 0 aliphatic rings. The maximum atomic E-state index is 12.7. The molecule has 0 atom stereocenters. The number of halogens is 3. The molecule has 0 N–H and O–H groups in total. The van der Waals surface area contributed by atoms with Crippen LogP contribution in [0, 0.1) is 5.92 Å². The van der Waals surface area contributed by atoms with E-state index in [0.717, 1.165) is 30.9 Å². The quantitative estimate of drug-likeness (QED) is 0.687. The van der Waals surface area contributed by atoms with E-state index < -0.39 is 11.7 Å². The van der Waals surface area contributed by atoms with E-state index in [0.29, 0.717) is 12.2 Å². The molecule has 1 nitrogen and oxygen atoms in total. The van der Waals surface area contributed by atoms with Crippen LogP contribution in [0.25, 0.3) is 0 Å². The summed E-state index contributed by atoms with van der Waals surface area (Å²) in [5.41, 5.74) is -0.0935. The third kappa shape index (κ3) is 4.24. The second kappa shape index (κ2) is 6.12. The van der Waals surface area contributed by atoms with Crippen LogP contribution in [-0.2, 0) is 6.18 Å². The van der Waals surface area contributed by atoms with Crippen molar-refractivity contribution in [3.05, 3.63) is 35.2 Å². The van der Waals surface area contributed by atoms with Crippen LogP contribution in [0.15, 0.2) is 18.2 Å². The first-order valence-electron chi connectivity index (χ1n) is 6.00. The van der Waals surface area contributed by atoms with Gasteiger partial charge in [0.1, 0.15) is 5.75 Å². The number of hydrogen-bond donors (Lipinski definition) is 0. The maximum Gasteiger partial charge on any atom is 0.416 e. The molecule has 1 aromatic rings. The molecule has 1 radical (unpaired) electrons. The predicted octanol–water partition coefficient (Wildman–Crippen LogP) is 4.85. The van der Waals surface area contributed by atoms with Crippen molar-refractivity contribution in [1.82, 2.24) is 0 Å². The van der Waals surface area contributed by atoms with Crippen molar-refractivity contribution in [3.8, 4) is 5.75 Å². The minimum absolute atomic E-state index is 0.287. The fourth-order valence-corrected chi connectivity index (χ4v) is 1.47. The minimum atomic E-state index is -4.34. The van der Waals surface area contributed by atoms with E-state index in [1.54, 1.807) is 19.9 Å².